The molecule has 2 aromatic carbocycles. The van der Waals surface area contributed by atoms with Crippen molar-refractivity contribution >= 4 is 12.0 Å². The number of aromatic nitrogens is 1. The van der Waals surface area contributed by atoms with Gasteiger partial charge in [0.1, 0.15) is 31.3 Å². The Labute approximate surface area is 163 Å². The molecule has 3 aromatic rings. The zero-order valence-corrected chi connectivity index (χ0v) is 15.2. The minimum absolute atomic E-state index is 0.193. The van der Waals surface area contributed by atoms with Gasteiger partial charge in [-0.05, 0) is 42.0 Å². The van der Waals surface area contributed by atoms with Crippen LogP contribution in [0.4, 0.5) is 0 Å². The second kappa shape index (κ2) is 8.39. The number of hydrogen-bond donors (Lipinski definition) is 0. The molecule has 0 saturated heterocycles. The average Bonchev–Trinajstić information content (AvgIpc) is 2.77. The summed E-state index contributed by atoms with van der Waals surface area (Å²) in [5.41, 5.74) is 3.14. The Morgan fingerprint density at radius 2 is 1.79 bits per heavy atom. The van der Waals surface area contributed by atoms with Crippen molar-refractivity contribution in [3.63, 3.8) is 0 Å². The summed E-state index contributed by atoms with van der Waals surface area (Å²) in [5, 5.41) is 0. The third-order valence-electron chi connectivity index (χ3n) is 4.30. The molecule has 0 amide bonds. The molecule has 28 heavy (non-hydrogen) atoms. The molecule has 5 nitrogen and oxygen atoms in total. The topological polar surface area (TPSA) is 57.7 Å². The molecule has 2 heterocycles. The second-order valence-corrected chi connectivity index (χ2v) is 6.33. The van der Waals surface area contributed by atoms with Crippen LogP contribution < -0.4 is 9.47 Å². The van der Waals surface area contributed by atoms with Crippen molar-refractivity contribution in [2.45, 2.75) is 13.2 Å². The van der Waals surface area contributed by atoms with Crippen LogP contribution in [0.25, 0.3) is 6.08 Å². The van der Waals surface area contributed by atoms with Crippen molar-refractivity contribution in [1.29, 1.82) is 0 Å². The van der Waals surface area contributed by atoms with Crippen LogP contribution in [0, 0.1) is 0 Å². The van der Waals surface area contributed by atoms with E-state index in [1.807, 2.05) is 72.8 Å². The highest BCUT2D eigenvalue weighted by atomic mass is 16.5. The lowest BCUT2D eigenvalue weighted by Crippen LogP contribution is -2.17. The van der Waals surface area contributed by atoms with E-state index in [2.05, 4.69) is 4.98 Å². The fraction of sp³-hybridized carbons (Fsp3) is 0.130. The van der Waals surface area contributed by atoms with Crippen LogP contribution >= 0.6 is 0 Å². The molecular weight excluding hydrogens is 354 g/mol. The van der Waals surface area contributed by atoms with Crippen LogP contribution in [0.2, 0.25) is 0 Å². The second-order valence-electron chi connectivity index (χ2n) is 6.33. The van der Waals surface area contributed by atoms with Gasteiger partial charge in [0.05, 0.1) is 11.3 Å². The molecule has 0 N–H and O–H groups in total. The SMILES string of the molecule is O=C(OCc1ccc(OCc2ccccn2)cc1)C1=Cc2ccccc2OC1. The molecule has 1 aromatic heterocycles. The van der Waals surface area contributed by atoms with Gasteiger partial charge in [-0.1, -0.05) is 36.4 Å². The number of nitrogens with zero attached hydrogens (tertiary/aromatic N) is 1. The molecule has 0 unspecified atom stereocenters. The predicted molar refractivity (Wildman–Crippen MR) is 105 cm³/mol. The highest BCUT2D eigenvalue weighted by molar-refractivity contribution is 5.95. The Morgan fingerprint density at radius 3 is 2.61 bits per heavy atom. The van der Waals surface area contributed by atoms with Crippen LogP contribution in [0.15, 0.2) is 78.5 Å². The molecule has 4 rings (SSSR count). The summed E-state index contributed by atoms with van der Waals surface area (Å²) in [5.74, 6) is 1.14. The van der Waals surface area contributed by atoms with Gasteiger partial charge in [-0.25, -0.2) is 4.79 Å². The zero-order valence-electron chi connectivity index (χ0n) is 15.2. The molecule has 5 heteroatoms. The molecule has 1 aliphatic rings. The lowest BCUT2D eigenvalue weighted by Gasteiger charge is -2.17. The molecule has 0 spiro atoms. The van der Waals surface area contributed by atoms with Gasteiger partial charge < -0.3 is 14.2 Å². The number of rotatable bonds is 6. The number of carbonyl (C=O) groups excluding carboxylic acids is 1. The summed E-state index contributed by atoms with van der Waals surface area (Å²) in [6.07, 6.45) is 3.55. The Kier molecular flexibility index (Phi) is 5.33. The molecule has 0 aliphatic carbocycles. The number of carbonyl (C=O) groups is 1. The van der Waals surface area contributed by atoms with Crippen molar-refractivity contribution in [1.82, 2.24) is 4.98 Å². The van der Waals surface area contributed by atoms with E-state index in [-0.39, 0.29) is 19.2 Å². The maximum absolute atomic E-state index is 12.3. The standard InChI is InChI=1S/C23H19NO4/c25-23(19-13-18-5-1-2-7-22(18)27-15-19)28-14-17-8-10-21(11-9-17)26-16-20-6-3-4-12-24-20/h1-13H,14-16H2. The van der Waals surface area contributed by atoms with E-state index in [1.165, 1.54) is 0 Å². The van der Waals surface area contributed by atoms with E-state index in [1.54, 1.807) is 6.20 Å². The first kappa shape index (κ1) is 17.8. The van der Waals surface area contributed by atoms with E-state index in [0.29, 0.717) is 12.2 Å². The maximum Gasteiger partial charge on any atom is 0.337 e. The number of benzene rings is 2. The maximum atomic E-state index is 12.3. The third-order valence-corrected chi connectivity index (χ3v) is 4.30. The quantitative estimate of drug-likeness (QED) is 0.607. The van der Waals surface area contributed by atoms with Crippen molar-refractivity contribution < 1.29 is 19.0 Å². The summed E-state index contributed by atoms with van der Waals surface area (Å²) in [7, 11) is 0. The van der Waals surface area contributed by atoms with Crippen molar-refractivity contribution in [3.05, 3.63) is 95.3 Å². The van der Waals surface area contributed by atoms with Gasteiger partial charge in [-0.15, -0.1) is 0 Å². The fourth-order valence-corrected chi connectivity index (χ4v) is 2.80. The highest BCUT2D eigenvalue weighted by Crippen LogP contribution is 2.26. The third kappa shape index (κ3) is 4.38. The first-order valence-corrected chi connectivity index (χ1v) is 8.99. The molecule has 1 aliphatic heterocycles. The van der Waals surface area contributed by atoms with Gasteiger partial charge in [0.2, 0.25) is 0 Å². The van der Waals surface area contributed by atoms with Crippen molar-refractivity contribution in [2.75, 3.05) is 6.61 Å². The Bertz CT molecular complexity index is 981. The van der Waals surface area contributed by atoms with E-state index in [4.69, 9.17) is 14.2 Å². The first-order valence-electron chi connectivity index (χ1n) is 8.99. The number of para-hydroxylation sites is 1. The monoisotopic (exact) mass is 373 g/mol. The summed E-state index contributed by atoms with van der Waals surface area (Å²) in [6, 6.07) is 20.8. The van der Waals surface area contributed by atoms with Gasteiger partial charge in [-0.3, -0.25) is 4.98 Å². The van der Waals surface area contributed by atoms with Crippen LogP contribution in [-0.4, -0.2) is 17.6 Å². The van der Waals surface area contributed by atoms with Crippen LogP contribution in [0.3, 0.4) is 0 Å². The van der Waals surface area contributed by atoms with Gasteiger partial charge in [0.15, 0.2) is 0 Å². The Hall–Kier alpha value is -3.60. The molecule has 0 atom stereocenters. The van der Waals surface area contributed by atoms with Crippen molar-refractivity contribution in [2.24, 2.45) is 0 Å². The minimum atomic E-state index is -0.370. The number of ether oxygens (including phenoxy) is 3. The summed E-state index contributed by atoms with van der Waals surface area (Å²) in [4.78, 5) is 16.5. The molecule has 140 valence electrons. The molecular formula is C23H19NO4. The van der Waals surface area contributed by atoms with E-state index in [0.717, 1.165) is 28.3 Å². The van der Waals surface area contributed by atoms with E-state index in [9.17, 15) is 4.79 Å². The smallest absolute Gasteiger partial charge is 0.337 e. The van der Waals surface area contributed by atoms with Crippen molar-refractivity contribution in [3.8, 4) is 11.5 Å². The number of pyridine rings is 1. The molecule has 0 fully saturated rings. The summed E-state index contributed by atoms with van der Waals surface area (Å²) < 4.78 is 16.7. The fourth-order valence-electron chi connectivity index (χ4n) is 2.80. The Morgan fingerprint density at radius 1 is 0.964 bits per heavy atom. The first-order chi connectivity index (χ1) is 13.8. The van der Waals surface area contributed by atoms with Crippen LogP contribution in [0.5, 0.6) is 11.5 Å². The normalized spacial score (nSPS) is 12.4. The molecule has 0 radical (unpaired) electrons. The van der Waals surface area contributed by atoms with Gasteiger partial charge in [0.25, 0.3) is 0 Å². The van der Waals surface area contributed by atoms with Gasteiger partial charge in [0, 0.05) is 11.8 Å². The summed E-state index contributed by atoms with van der Waals surface area (Å²) in [6.45, 7) is 0.819. The minimum Gasteiger partial charge on any atom is -0.488 e. The van der Waals surface area contributed by atoms with E-state index < -0.39 is 0 Å². The number of hydrogen-bond acceptors (Lipinski definition) is 5. The Balaban J connectivity index is 1.30. The average molecular weight is 373 g/mol. The van der Waals surface area contributed by atoms with Crippen LogP contribution in [-0.2, 0) is 22.7 Å². The largest absolute Gasteiger partial charge is 0.488 e. The molecule has 0 saturated carbocycles. The highest BCUT2D eigenvalue weighted by Gasteiger charge is 2.18. The van der Waals surface area contributed by atoms with E-state index >= 15 is 0 Å². The number of esters is 1. The van der Waals surface area contributed by atoms with Gasteiger partial charge >= 0.3 is 5.97 Å². The zero-order chi connectivity index (χ0) is 19.2. The van der Waals surface area contributed by atoms with Gasteiger partial charge in [-0.2, -0.15) is 0 Å². The number of fused-ring (bicyclic) bond motifs is 1. The lowest BCUT2D eigenvalue weighted by atomic mass is 10.1. The van der Waals surface area contributed by atoms with Crippen LogP contribution in [0.1, 0.15) is 16.8 Å². The lowest BCUT2D eigenvalue weighted by molar-refractivity contribution is -0.140. The summed E-state index contributed by atoms with van der Waals surface area (Å²) >= 11 is 0. The molecule has 0 bridgehead atoms. The predicted octanol–water partition coefficient (Wildman–Crippen LogP) is 4.18.